The van der Waals surface area contributed by atoms with Crippen LogP contribution in [0.4, 0.5) is 10.3 Å². The van der Waals surface area contributed by atoms with Crippen molar-refractivity contribution in [1.29, 1.82) is 0 Å². The smallest absolute Gasteiger partial charge is 0.226 e. The predicted octanol–water partition coefficient (Wildman–Crippen LogP) is 7.54. The number of rotatable bonds is 9. The molecule has 2 aromatic heterocycles. The lowest BCUT2D eigenvalue weighted by Gasteiger charge is -2.05. The van der Waals surface area contributed by atoms with Gasteiger partial charge in [-0.1, -0.05) is 76.2 Å². The first-order valence-electron chi connectivity index (χ1n) is 12.0. The maximum atomic E-state index is 12.4. The van der Waals surface area contributed by atoms with Crippen LogP contribution in [0.2, 0.25) is 0 Å². The monoisotopic (exact) mass is 518 g/mol. The number of hydrogen-bond acceptors (Lipinski definition) is 6. The molecule has 0 unspecified atom stereocenters. The summed E-state index contributed by atoms with van der Waals surface area (Å²) in [5.41, 5.74) is 6.21. The van der Waals surface area contributed by atoms with Gasteiger partial charge in [0.15, 0.2) is 10.3 Å². The average molecular weight is 519 g/mol. The second kappa shape index (κ2) is 11.6. The summed E-state index contributed by atoms with van der Waals surface area (Å²) in [5.74, 6) is 0.458. The summed E-state index contributed by atoms with van der Waals surface area (Å²) in [4.78, 5) is 33.8. The molecule has 0 atom stereocenters. The summed E-state index contributed by atoms with van der Waals surface area (Å²) in [6.45, 7) is 8.64. The fourth-order valence-corrected chi connectivity index (χ4v) is 5.07. The van der Waals surface area contributed by atoms with Crippen LogP contribution in [0.25, 0.3) is 22.5 Å². The lowest BCUT2D eigenvalue weighted by Crippen LogP contribution is -2.17. The van der Waals surface area contributed by atoms with Gasteiger partial charge in [0.2, 0.25) is 11.8 Å². The molecule has 2 amide bonds. The van der Waals surface area contributed by atoms with E-state index in [9.17, 15) is 9.59 Å². The van der Waals surface area contributed by atoms with Gasteiger partial charge in [-0.3, -0.25) is 9.59 Å². The summed E-state index contributed by atoms with van der Waals surface area (Å²) in [6, 6.07) is 16.6. The Kier molecular flexibility index (Phi) is 8.28. The first-order chi connectivity index (χ1) is 17.3. The molecule has 8 heteroatoms. The maximum Gasteiger partial charge on any atom is 0.226 e. The number of benzene rings is 2. The maximum absolute atomic E-state index is 12.4. The van der Waals surface area contributed by atoms with Crippen molar-refractivity contribution in [3.8, 4) is 22.5 Å². The third-order valence-electron chi connectivity index (χ3n) is 5.83. The van der Waals surface area contributed by atoms with Crippen LogP contribution in [0.5, 0.6) is 0 Å². The Morgan fingerprint density at radius 2 is 1.03 bits per heavy atom. The van der Waals surface area contributed by atoms with Gasteiger partial charge in [0, 0.05) is 34.7 Å². The molecule has 4 rings (SSSR count). The van der Waals surface area contributed by atoms with E-state index in [-0.39, 0.29) is 24.7 Å². The van der Waals surface area contributed by atoms with Gasteiger partial charge in [-0.2, -0.15) is 0 Å². The van der Waals surface area contributed by atoms with Crippen molar-refractivity contribution in [2.75, 3.05) is 10.6 Å². The number of aromatic nitrogens is 2. The van der Waals surface area contributed by atoms with Gasteiger partial charge >= 0.3 is 0 Å². The highest BCUT2D eigenvalue weighted by atomic mass is 32.1. The molecule has 6 nitrogen and oxygen atoms in total. The van der Waals surface area contributed by atoms with Gasteiger partial charge in [-0.25, -0.2) is 9.97 Å². The summed E-state index contributed by atoms with van der Waals surface area (Å²) in [6.07, 6.45) is 0.136. The number of nitrogens with one attached hydrogen (secondary N) is 2. The summed E-state index contributed by atoms with van der Waals surface area (Å²) < 4.78 is 0. The van der Waals surface area contributed by atoms with Crippen LogP contribution in [0.3, 0.4) is 0 Å². The Labute approximate surface area is 219 Å². The standard InChI is InChI=1S/C28H30N4O2S2/c1-17(2)19-5-9-21(10-6-19)23-15-35-27(29-23)31-25(33)13-14-26(34)32-28-30-24(16-36-28)22-11-7-20(8-12-22)18(3)4/h5-12,15-18H,13-14H2,1-4H3,(H,29,31,33)(H,30,32,34). The average Bonchev–Trinajstić information content (AvgIpc) is 3.53. The largest absolute Gasteiger partial charge is 0.302 e. The number of anilines is 2. The van der Waals surface area contributed by atoms with Crippen LogP contribution in [-0.4, -0.2) is 21.8 Å². The van der Waals surface area contributed by atoms with Crippen molar-refractivity contribution in [3.63, 3.8) is 0 Å². The zero-order chi connectivity index (χ0) is 25.7. The minimum Gasteiger partial charge on any atom is -0.302 e. The summed E-state index contributed by atoms with van der Waals surface area (Å²) in [5, 5.41) is 10.5. The Morgan fingerprint density at radius 3 is 1.36 bits per heavy atom. The lowest BCUT2D eigenvalue weighted by atomic mass is 10.0. The molecule has 2 heterocycles. The molecule has 4 aromatic rings. The normalized spacial score (nSPS) is 11.2. The van der Waals surface area contributed by atoms with Crippen molar-refractivity contribution in [1.82, 2.24) is 9.97 Å². The molecule has 0 spiro atoms. The van der Waals surface area contributed by atoms with Crippen LogP contribution in [0, 0.1) is 0 Å². The fourth-order valence-electron chi connectivity index (χ4n) is 3.60. The number of amides is 2. The van der Waals surface area contributed by atoms with Crippen molar-refractivity contribution in [2.45, 2.75) is 52.4 Å². The molecule has 0 saturated carbocycles. The van der Waals surface area contributed by atoms with E-state index in [0.717, 1.165) is 22.5 Å². The quantitative estimate of drug-likeness (QED) is 0.240. The number of carbonyl (C=O) groups excluding carboxylic acids is 2. The Morgan fingerprint density at radius 1 is 0.667 bits per heavy atom. The van der Waals surface area contributed by atoms with Crippen LogP contribution < -0.4 is 10.6 Å². The van der Waals surface area contributed by atoms with E-state index in [1.165, 1.54) is 33.8 Å². The van der Waals surface area contributed by atoms with E-state index in [4.69, 9.17) is 0 Å². The molecular formula is C28H30N4O2S2. The van der Waals surface area contributed by atoms with Gasteiger partial charge in [-0.05, 0) is 23.0 Å². The molecule has 0 aliphatic heterocycles. The zero-order valence-electron chi connectivity index (χ0n) is 20.9. The molecule has 36 heavy (non-hydrogen) atoms. The van der Waals surface area contributed by atoms with E-state index in [1.807, 2.05) is 35.0 Å². The molecule has 0 saturated heterocycles. The van der Waals surface area contributed by atoms with Crippen LogP contribution in [0.15, 0.2) is 59.3 Å². The summed E-state index contributed by atoms with van der Waals surface area (Å²) in [7, 11) is 0. The number of hydrogen-bond donors (Lipinski definition) is 2. The highest BCUT2D eigenvalue weighted by Gasteiger charge is 2.13. The third-order valence-corrected chi connectivity index (χ3v) is 7.34. The first-order valence-corrected chi connectivity index (χ1v) is 13.8. The van der Waals surface area contributed by atoms with Crippen LogP contribution in [-0.2, 0) is 9.59 Å². The second-order valence-electron chi connectivity index (χ2n) is 9.23. The molecule has 2 aromatic carbocycles. The molecule has 0 radical (unpaired) electrons. The highest BCUT2D eigenvalue weighted by molar-refractivity contribution is 7.14. The first kappa shape index (κ1) is 25.7. The van der Waals surface area contributed by atoms with Gasteiger partial charge in [0.25, 0.3) is 0 Å². The fraction of sp³-hybridized carbons (Fsp3) is 0.286. The molecule has 0 aliphatic carbocycles. The Balaban J connectivity index is 1.25. The minimum atomic E-state index is -0.244. The topological polar surface area (TPSA) is 84.0 Å². The second-order valence-corrected chi connectivity index (χ2v) is 10.9. The summed E-state index contributed by atoms with van der Waals surface area (Å²) >= 11 is 2.74. The molecule has 2 N–H and O–H groups in total. The molecule has 186 valence electrons. The van der Waals surface area contributed by atoms with E-state index in [1.54, 1.807) is 0 Å². The van der Waals surface area contributed by atoms with E-state index in [2.05, 4.69) is 72.6 Å². The minimum absolute atomic E-state index is 0.0682. The van der Waals surface area contributed by atoms with E-state index in [0.29, 0.717) is 22.1 Å². The van der Waals surface area contributed by atoms with Crippen molar-refractivity contribution < 1.29 is 9.59 Å². The number of nitrogens with zero attached hydrogens (tertiary/aromatic N) is 2. The Hall–Kier alpha value is -3.36. The molecular weight excluding hydrogens is 488 g/mol. The van der Waals surface area contributed by atoms with Gasteiger partial charge in [0.05, 0.1) is 11.4 Å². The van der Waals surface area contributed by atoms with E-state index >= 15 is 0 Å². The number of carbonyl (C=O) groups is 2. The predicted molar refractivity (Wildman–Crippen MR) is 150 cm³/mol. The molecule has 0 fully saturated rings. The SMILES string of the molecule is CC(C)c1ccc(-c2csc(NC(=O)CCC(=O)Nc3nc(-c4ccc(C(C)C)cc4)cs3)n2)cc1. The van der Waals surface area contributed by atoms with Gasteiger partial charge in [-0.15, -0.1) is 22.7 Å². The van der Waals surface area contributed by atoms with Gasteiger partial charge in [0.1, 0.15) is 0 Å². The van der Waals surface area contributed by atoms with Crippen LogP contribution in [0.1, 0.15) is 63.5 Å². The zero-order valence-corrected chi connectivity index (χ0v) is 22.5. The highest BCUT2D eigenvalue weighted by Crippen LogP contribution is 2.28. The molecule has 0 bridgehead atoms. The van der Waals surface area contributed by atoms with E-state index < -0.39 is 0 Å². The lowest BCUT2D eigenvalue weighted by molar-refractivity contribution is -0.121. The van der Waals surface area contributed by atoms with Gasteiger partial charge < -0.3 is 10.6 Å². The number of thiazole rings is 2. The Bertz CT molecular complexity index is 1220. The van der Waals surface area contributed by atoms with Crippen LogP contribution >= 0.6 is 22.7 Å². The van der Waals surface area contributed by atoms with Crippen molar-refractivity contribution in [3.05, 3.63) is 70.4 Å². The molecule has 0 aliphatic rings. The van der Waals surface area contributed by atoms with Crippen molar-refractivity contribution >= 4 is 44.8 Å². The third kappa shape index (κ3) is 6.65. The van der Waals surface area contributed by atoms with Crippen molar-refractivity contribution in [2.24, 2.45) is 0 Å².